The molecule has 1 fully saturated rings. The lowest BCUT2D eigenvalue weighted by molar-refractivity contribution is 0.122. The first-order valence-corrected chi connectivity index (χ1v) is 6.87. The third-order valence-corrected chi connectivity index (χ3v) is 3.45. The zero-order valence-electron chi connectivity index (χ0n) is 11.5. The summed E-state index contributed by atoms with van der Waals surface area (Å²) in [5.74, 6) is 1.01. The number of nitrogens with one attached hydrogen (secondary N) is 2. The summed E-state index contributed by atoms with van der Waals surface area (Å²) < 4.78 is 5.35. The highest BCUT2D eigenvalue weighted by atomic mass is 16.5. The standard InChI is InChI=1S/C14H19N5O/c1-11(13-4-5-16-18-13)17-12-2-3-14(15-10-12)19-6-8-20-9-7-19/h2-5,10-11,17H,6-9H2,1H3,(H,16,18). The summed E-state index contributed by atoms with van der Waals surface area (Å²) in [5, 5.41) is 10.3. The minimum atomic E-state index is 0.175. The molecule has 3 rings (SSSR count). The Bertz CT molecular complexity index is 519. The molecule has 20 heavy (non-hydrogen) atoms. The number of H-pyrrole nitrogens is 1. The second-order valence-corrected chi connectivity index (χ2v) is 4.88. The smallest absolute Gasteiger partial charge is 0.128 e. The first kappa shape index (κ1) is 12.9. The second kappa shape index (κ2) is 5.92. The number of morpholine rings is 1. The number of nitrogens with zero attached hydrogens (tertiary/aromatic N) is 3. The average Bonchev–Trinajstić information content (AvgIpc) is 3.03. The highest BCUT2D eigenvalue weighted by Gasteiger charge is 2.12. The van der Waals surface area contributed by atoms with Crippen molar-refractivity contribution in [3.05, 3.63) is 36.3 Å². The van der Waals surface area contributed by atoms with Crippen LogP contribution in [-0.4, -0.2) is 41.5 Å². The number of pyridine rings is 1. The van der Waals surface area contributed by atoms with E-state index in [1.807, 2.05) is 18.3 Å². The molecule has 1 aliphatic heterocycles. The number of hydrogen-bond acceptors (Lipinski definition) is 5. The van der Waals surface area contributed by atoms with Crippen LogP contribution in [0.3, 0.4) is 0 Å². The Hall–Kier alpha value is -2.08. The molecule has 0 bridgehead atoms. The summed E-state index contributed by atoms with van der Waals surface area (Å²) in [6.07, 6.45) is 3.63. The van der Waals surface area contributed by atoms with Crippen molar-refractivity contribution < 1.29 is 4.74 Å². The van der Waals surface area contributed by atoms with Crippen LogP contribution in [-0.2, 0) is 4.74 Å². The molecule has 0 saturated carbocycles. The molecule has 2 aromatic rings. The van der Waals surface area contributed by atoms with Crippen molar-refractivity contribution >= 4 is 11.5 Å². The summed E-state index contributed by atoms with van der Waals surface area (Å²) in [6, 6.07) is 6.25. The van der Waals surface area contributed by atoms with Gasteiger partial charge in [-0.2, -0.15) is 5.10 Å². The van der Waals surface area contributed by atoms with Gasteiger partial charge in [-0.1, -0.05) is 0 Å². The third-order valence-electron chi connectivity index (χ3n) is 3.45. The lowest BCUT2D eigenvalue weighted by Gasteiger charge is -2.27. The number of aromatic nitrogens is 3. The van der Waals surface area contributed by atoms with Crippen LogP contribution in [0.2, 0.25) is 0 Å². The van der Waals surface area contributed by atoms with E-state index in [9.17, 15) is 0 Å². The van der Waals surface area contributed by atoms with Gasteiger partial charge in [-0.15, -0.1) is 0 Å². The van der Waals surface area contributed by atoms with Crippen molar-refractivity contribution in [2.45, 2.75) is 13.0 Å². The molecule has 0 spiro atoms. The van der Waals surface area contributed by atoms with E-state index in [0.717, 1.165) is 43.5 Å². The van der Waals surface area contributed by atoms with Gasteiger partial charge < -0.3 is 15.0 Å². The summed E-state index contributed by atoms with van der Waals surface area (Å²) >= 11 is 0. The Morgan fingerprint density at radius 1 is 1.30 bits per heavy atom. The van der Waals surface area contributed by atoms with Gasteiger partial charge in [0.25, 0.3) is 0 Å². The van der Waals surface area contributed by atoms with Crippen molar-refractivity contribution in [1.82, 2.24) is 15.2 Å². The Kier molecular flexibility index (Phi) is 3.83. The van der Waals surface area contributed by atoms with E-state index in [1.54, 1.807) is 6.20 Å². The molecule has 1 aliphatic rings. The summed E-state index contributed by atoms with van der Waals surface area (Å²) in [4.78, 5) is 6.76. The topological polar surface area (TPSA) is 66.1 Å². The molecule has 0 amide bonds. The largest absolute Gasteiger partial charge is 0.378 e. The number of hydrogen-bond donors (Lipinski definition) is 2. The highest BCUT2D eigenvalue weighted by molar-refractivity contribution is 5.49. The van der Waals surface area contributed by atoms with E-state index in [2.05, 4.69) is 38.4 Å². The van der Waals surface area contributed by atoms with Crippen molar-refractivity contribution in [1.29, 1.82) is 0 Å². The molecule has 0 aliphatic carbocycles. The minimum Gasteiger partial charge on any atom is -0.378 e. The number of ether oxygens (including phenoxy) is 1. The molecule has 106 valence electrons. The fourth-order valence-electron chi connectivity index (χ4n) is 2.29. The third kappa shape index (κ3) is 2.91. The average molecular weight is 273 g/mol. The molecule has 6 heteroatoms. The van der Waals surface area contributed by atoms with Gasteiger partial charge in [0.2, 0.25) is 0 Å². The van der Waals surface area contributed by atoms with E-state index >= 15 is 0 Å². The molecule has 1 saturated heterocycles. The molecule has 1 atom stereocenters. The molecule has 0 radical (unpaired) electrons. The van der Waals surface area contributed by atoms with E-state index in [-0.39, 0.29) is 6.04 Å². The van der Waals surface area contributed by atoms with Crippen LogP contribution in [0.4, 0.5) is 11.5 Å². The predicted octanol–water partition coefficient (Wildman–Crippen LogP) is 1.81. The van der Waals surface area contributed by atoms with Gasteiger partial charge in [-0.05, 0) is 25.1 Å². The van der Waals surface area contributed by atoms with Gasteiger partial charge in [-0.3, -0.25) is 5.10 Å². The van der Waals surface area contributed by atoms with Crippen LogP contribution >= 0.6 is 0 Å². The Labute approximate surface area is 118 Å². The Morgan fingerprint density at radius 3 is 2.80 bits per heavy atom. The van der Waals surface area contributed by atoms with E-state index in [0.29, 0.717) is 0 Å². The van der Waals surface area contributed by atoms with E-state index in [4.69, 9.17) is 4.74 Å². The van der Waals surface area contributed by atoms with E-state index < -0.39 is 0 Å². The van der Waals surface area contributed by atoms with Crippen molar-refractivity contribution in [3.63, 3.8) is 0 Å². The van der Waals surface area contributed by atoms with Gasteiger partial charge in [0.15, 0.2) is 0 Å². The maximum Gasteiger partial charge on any atom is 0.128 e. The monoisotopic (exact) mass is 273 g/mol. The number of aromatic amines is 1. The second-order valence-electron chi connectivity index (χ2n) is 4.88. The van der Waals surface area contributed by atoms with Crippen molar-refractivity contribution in [2.75, 3.05) is 36.5 Å². The normalized spacial score (nSPS) is 16.9. The maximum atomic E-state index is 5.35. The number of rotatable bonds is 4. The van der Waals surface area contributed by atoms with Crippen molar-refractivity contribution in [3.8, 4) is 0 Å². The van der Waals surface area contributed by atoms with Gasteiger partial charge in [0.05, 0.1) is 36.8 Å². The summed E-state index contributed by atoms with van der Waals surface area (Å²) in [5.41, 5.74) is 2.06. The minimum absolute atomic E-state index is 0.175. The predicted molar refractivity (Wildman–Crippen MR) is 77.9 cm³/mol. The van der Waals surface area contributed by atoms with Crippen LogP contribution < -0.4 is 10.2 Å². The first-order chi connectivity index (χ1) is 9.83. The van der Waals surface area contributed by atoms with E-state index in [1.165, 1.54) is 0 Å². The van der Waals surface area contributed by atoms with Crippen molar-refractivity contribution in [2.24, 2.45) is 0 Å². The number of anilines is 2. The lowest BCUT2D eigenvalue weighted by atomic mass is 10.2. The Morgan fingerprint density at radius 2 is 2.15 bits per heavy atom. The molecule has 2 N–H and O–H groups in total. The molecule has 6 nitrogen and oxygen atoms in total. The first-order valence-electron chi connectivity index (χ1n) is 6.87. The van der Waals surface area contributed by atoms with Crippen LogP contribution in [0, 0.1) is 0 Å². The van der Waals surface area contributed by atoms with Crippen LogP contribution in [0.15, 0.2) is 30.6 Å². The SMILES string of the molecule is CC(Nc1ccc(N2CCOCC2)nc1)c1ccn[nH]1. The molecule has 3 heterocycles. The van der Waals surface area contributed by atoms with Gasteiger partial charge in [0.1, 0.15) is 5.82 Å². The molecular weight excluding hydrogens is 254 g/mol. The van der Waals surface area contributed by atoms with Gasteiger partial charge in [-0.25, -0.2) is 4.98 Å². The Balaban J connectivity index is 1.63. The van der Waals surface area contributed by atoms with Crippen LogP contribution in [0.5, 0.6) is 0 Å². The fourth-order valence-corrected chi connectivity index (χ4v) is 2.29. The molecule has 1 unspecified atom stereocenters. The summed E-state index contributed by atoms with van der Waals surface area (Å²) in [6.45, 7) is 5.45. The molecular formula is C14H19N5O. The maximum absolute atomic E-state index is 5.35. The summed E-state index contributed by atoms with van der Waals surface area (Å²) in [7, 11) is 0. The molecule has 2 aromatic heterocycles. The fraction of sp³-hybridized carbons (Fsp3) is 0.429. The van der Waals surface area contributed by atoms with Crippen LogP contribution in [0.25, 0.3) is 0 Å². The zero-order chi connectivity index (χ0) is 13.8. The highest BCUT2D eigenvalue weighted by Crippen LogP contribution is 2.19. The van der Waals surface area contributed by atoms with Crippen LogP contribution in [0.1, 0.15) is 18.7 Å². The lowest BCUT2D eigenvalue weighted by Crippen LogP contribution is -2.36. The zero-order valence-corrected chi connectivity index (χ0v) is 11.5. The van der Waals surface area contributed by atoms with Gasteiger partial charge >= 0.3 is 0 Å². The molecule has 0 aromatic carbocycles. The quantitative estimate of drug-likeness (QED) is 0.889. The van der Waals surface area contributed by atoms with Gasteiger partial charge in [0, 0.05) is 19.3 Å².